The fourth-order valence-electron chi connectivity index (χ4n) is 2.20. The van der Waals surface area contributed by atoms with Gasteiger partial charge in [0.1, 0.15) is 0 Å². The van der Waals surface area contributed by atoms with Gasteiger partial charge in [-0.2, -0.15) is 0 Å². The van der Waals surface area contributed by atoms with Gasteiger partial charge in [-0.1, -0.05) is 81.8 Å². The van der Waals surface area contributed by atoms with E-state index in [-0.39, 0.29) is 10.9 Å². The Labute approximate surface area is 150 Å². The summed E-state index contributed by atoms with van der Waals surface area (Å²) in [6, 6.07) is 30.4. The first-order valence-electron chi connectivity index (χ1n) is 8.76. The average Bonchev–Trinajstić information content (AvgIpc) is 2.69. The molecule has 0 aliphatic rings. The highest BCUT2D eigenvalue weighted by molar-refractivity contribution is 7.97. The standard InChI is InChI=1S/C19H17S.2C2H6/c1-16-12-14-19(15-13-16)20(17-8-4-2-5-9-17)18-10-6-3-7-11-18;2*1-2/h2-15H,1H3;2*1-2H3/q+1;;. The van der Waals surface area contributed by atoms with Crippen molar-refractivity contribution in [2.24, 2.45) is 0 Å². The van der Waals surface area contributed by atoms with Crippen molar-refractivity contribution < 1.29 is 0 Å². The zero-order valence-corrected chi connectivity index (χ0v) is 16.3. The molecule has 0 atom stereocenters. The van der Waals surface area contributed by atoms with E-state index in [2.05, 4.69) is 91.9 Å². The SMILES string of the molecule is CC.CC.Cc1ccc([S+](c2ccccc2)c2ccccc2)cc1. The molecule has 0 saturated heterocycles. The molecular weight excluding hydrogens is 308 g/mol. The fraction of sp³-hybridized carbons (Fsp3) is 0.217. The lowest BCUT2D eigenvalue weighted by Gasteiger charge is -2.07. The Kier molecular flexibility index (Phi) is 9.64. The largest absolute Gasteiger partial charge is 0.166 e. The maximum atomic E-state index is 2.25. The molecule has 126 valence electrons. The first-order chi connectivity index (χ1) is 11.8. The minimum atomic E-state index is -0.0229. The summed E-state index contributed by atoms with van der Waals surface area (Å²) >= 11 is 0. The van der Waals surface area contributed by atoms with E-state index in [1.54, 1.807) is 0 Å². The Morgan fingerprint density at radius 3 is 1.17 bits per heavy atom. The minimum Gasteiger partial charge on any atom is -0.0683 e. The Morgan fingerprint density at radius 1 is 0.458 bits per heavy atom. The molecule has 3 aromatic rings. The molecule has 0 radical (unpaired) electrons. The van der Waals surface area contributed by atoms with Crippen LogP contribution < -0.4 is 0 Å². The van der Waals surface area contributed by atoms with Gasteiger partial charge >= 0.3 is 0 Å². The summed E-state index contributed by atoms with van der Waals surface area (Å²) in [5, 5.41) is 0. The van der Waals surface area contributed by atoms with Gasteiger partial charge in [0, 0.05) is 0 Å². The molecule has 0 fully saturated rings. The monoisotopic (exact) mass is 337 g/mol. The third-order valence-electron chi connectivity index (χ3n) is 3.21. The molecule has 0 bridgehead atoms. The average molecular weight is 338 g/mol. The number of benzene rings is 3. The van der Waals surface area contributed by atoms with Gasteiger partial charge in [0.05, 0.1) is 10.9 Å². The Hall–Kier alpha value is -1.99. The highest BCUT2D eigenvalue weighted by atomic mass is 32.2. The summed E-state index contributed by atoms with van der Waals surface area (Å²) in [4.78, 5) is 4.10. The van der Waals surface area contributed by atoms with Crippen molar-refractivity contribution in [2.45, 2.75) is 49.3 Å². The van der Waals surface area contributed by atoms with Crippen LogP contribution in [0.3, 0.4) is 0 Å². The number of aryl methyl sites for hydroxylation is 1. The Balaban J connectivity index is 0.000000671. The van der Waals surface area contributed by atoms with E-state index in [0.29, 0.717) is 0 Å². The highest BCUT2D eigenvalue weighted by Gasteiger charge is 2.27. The summed E-state index contributed by atoms with van der Waals surface area (Å²) in [6.45, 7) is 10.1. The summed E-state index contributed by atoms with van der Waals surface area (Å²) in [7, 11) is -0.0229. The molecule has 3 aromatic carbocycles. The second-order valence-corrected chi connectivity index (χ2v) is 6.77. The molecule has 0 heterocycles. The molecular formula is C23H29S+. The van der Waals surface area contributed by atoms with Crippen LogP contribution in [0.25, 0.3) is 0 Å². The van der Waals surface area contributed by atoms with E-state index < -0.39 is 0 Å². The van der Waals surface area contributed by atoms with Gasteiger partial charge in [0.2, 0.25) is 0 Å². The van der Waals surface area contributed by atoms with Crippen LogP contribution in [0.4, 0.5) is 0 Å². The summed E-state index contributed by atoms with van der Waals surface area (Å²) in [6.07, 6.45) is 0. The van der Waals surface area contributed by atoms with Crippen LogP contribution in [0.1, 0.15) is 33.3 Å². The molecule has 24 heavy (non-hydrogen) atoms. The van der Waals surface area contributed by atoms with Crippen molar-refractivity contribution in [3.05, 3.63) is 90.5 Å². The van der Waals surface area contributed by atoms with Crippen LogP contribution in [0, 0.1) is 6.92 Å². The quantitative estimate of drug-likeness (QED) is 0.445. The highest BCUT2D eigenvalue weighted by Crippen LogP contribution is 2.30. The Bertz CT molecular complexity index is 618. The van der Waals surface area contributed by atoms with Crippen molar-refractivity contribution in [3.8, 4) is 0 Å². The predicted molar refractivity (Wildman–Crippen MR) is 109 cm³/mol. The van der Waals surface area contributed by atoms with Crippen LogP contribution in [0.2, 0.25) is 0 Å². The fourth-order valence-corrected chi connectivity index (χ4v) is 4.28. The first kappa shape index (κ1) is 20.1. The second kappa shape index (κ2) is 11.5. The topological polar surface area (TPSA) is 0 Å². The van der Waals surface area contributed by atoms with Crippen LogP contribution in [0.15, 0.2) is 99.6 Å². The van der Waals surface area contributed by atoms with Gasteiger partial charge in [0.25, 0.3) is 0 Å². The molecule has 3 rings (SSSR count). The number of hydrogen-bond donors (Lipinski definition) is 0. The molecule has 0 amide bonds. The van der Waals surface area contributed by atoms with Gasteiger partial charge in [0.15, 0.2) is 14.7 Å². The maximum absolute atomic E-state index is 2.25. The van der Waals surface area contributed by atoms with Crippen LogP contribution >= 0.6 is 0 Å². The summed E-state index contributed by atoms with van der Waals surface area (Å²) < 4.78 is 0. The minimum absolute atomic E-state index is 0.0229. The third kappa shape index (κ3) is 5.58. The van der Waals surface area contributed by atoms with E-state index in [9.17, 15) is 0 Å². The lowest BCUT2D eigenvalue weighted by Crippen LogP contribution is -2.04. The zero-order valence-electron chi connectivity index (χ0n) is 15.5. The lowest BCUT2D eigenvalue weighted by molar-refractivity contribution is 1.30. The van der Waals surface area contributed by atoms with Crippen LogP contribution in [0.5, 0.6) is 0 Å². The van der Waals surface area contributed by atoms with Gasteiger partial charge in [-0.15, -0.1) is 0 Å². The van der Waals surface area contributed by atoms with Crippen molar-refractivity contribution in [3.63, 3.8) is 0 Å². The van der Waals surface area contributed by atoms with E-state index in [4.69, 9.17) is 0 Å². The second-order valence-electron chi connectivity index (χ2n) is 4.75. The molecule has 0 unspecified atom stereocenters. The number of hydrogen-bond acceptors (Lipinski definition) is 0. The van der Waals surface area contributed by atoms with Crippen molar-refractivity contribution in [1.82, 2.24) is 0 Å². The smallest absolute Gasteiger partial charge is 0.0683 e. The zero-order chi connectivity index (χ0) is 17.8. The van der Waals surface area contributed by atoms with Gasteiger partial charge in [-0.25, -0.2) is 0 Å². The molecule has 1 heteroatoms. The third-order valence-corrected chi connectivity index (χ3v) is 5.45. The lowest BCUT2D eigenvalue weighted by atomic mass is 10.2. The first-order valence-corrected chi connectivity index (χ1v) is 9.98. The predicted octanol–water partition coefficient (Wildman–Crippen LogP) is 7.14. The Morgan fingerprint density at radius 2 is 0.792 bits per heavy atom. The van der Waals surface area contributed by atoms with E-state index in [0.717, 1.165) is 0 Å². The molecule has 0 N–H and O–H groups in total. The molecule has 0 aromatic heterocycles. The number of rotatable bonds is 3. The van der Waals surface area contributed by atoms with E-state index in [1.807, 2.05) is 27.7 Å². The van der Waals surface area contributed by atoms with E-state index >= 15 is 0 Å². The molecule has 0 spiro atoms. The summed E-state index contributed by atoms with van der Waals surface area (Å²) in [5.41, 5.74) is 1.30. The van der Waals surface area contributed by atoms with Gasteiger partial charge in [-0.3, -0.25) is 0 Å². The maximum Gasteiger partial charge on any atom is 0.166 e. The van der Waals surface area contributed by atoms with Crippen LogP contribution in [-0.4, -0.2) is 0 Å². The normalized spacial score (nSPS) is 9.42. The molecule has 0 aliphatic carbocycles. The van der Waals surface area contributed by atoms with E-state index in [1.165, 1.54) is 20.2 Å². The van der Waals surface area contributed by atoms with Gasteiger partial charge < -0.3 is 0 Å². The summed E-state index contributed by atoms with van der Waals surface area (Å²) in [5.74, 6) is 0. The molecule has 0 saturated carbocycles. The van der Waals surface area contributed by atoms with Crippen LogP contribution in [-0.2, 0) is 10.9 Å². The van der Waals surface area contributed by atoms with Crippen molar-refractivity contribution in [1.29, 1.82) is 0 Å². The molecule has 0 nitrogen and oxygen atoms in total. The van der Waals surface area contributed by atoms with Gasteiger partial charge in [-0.05, 0) is 43.3 Å². The van der Waals surface area contributed by atoms with Crippen molar-refractivity contribution in [2.75, 3.05) is 0 Å². The van der Waals surface area contributed by atoms with Crippen molar-refractivity contribution >= 4 is 10.9 Å². The molecule has 0 aliphatic heterocycles.